The van der Waals surface area contributed by atoms with Gasteiger partial charge in [0.2, 0.25) is 10.0 Å². The third kappa shape index (κ3) is 4.84. The van der Waals surface area contributed by atoms with Crippen molar-refractivity contribution in [3.63, 3.8) is 0 Å². The van der Waals surface area contributed by atoms with Crippen molar-refractivity contribution in [2.75, 3.05) is 39.3 Å². The molecule has 0 spiro atoms. The van der Waals surface area contributed by atoms with E-state index in [-0.39, 0.29) is 29.8 Å². The van der Waals surface area contributed by atoms with Crippen LogP contribution in [0.5, 0.6) is 0 Å². The highest BCUT2D eigenvalue weighted by atomic mass is 35.5. The molecular formula is C25H26ClN5O3S. The number of guanidine groups is 1. The summed E-state index contributed by atoms with van der Waals surface area (Å²) in [6.07, 6.45) is 0. The van der Waals surface area contributed by atoms with Crippen LogP contribution in [0, 0.1) is 0 Å². The SMILES string of the molecule is NC1=NCC(c2ccc(C(=O)N3CCN(S(=O)(=O)c4ccc5cc(Cl)ccc5c4)CC3)cc2)CN1. The maximum atomic E-state index is 13.2. The number of nitrogens with one attached hydrogen (secondary N) is 1. The average Bonchev–Trinajstić information content (AvgIpc) is 2.88. The van der Waals surface area contributed by atoms with Gasteiger partial charge in [-0.25, -0.2) is 8.42 Å². The van der Waals surface area contributed by atoms with Crippen LogP contribution in [0.4, 0.5) is 0 Å². The van der Waals surface area contributed by atoms with Crippen molar-refractivity contribution < 1.29 is 13.2 Å². The highest BCUT2D eigenvalue weighted by molar-refractivity contribution is 7.89. The molecule has 8 nitrogen and oxygen atoms in total. The number of sulfonamides is 1. The van der Waals surface area contributed by atoms with Gasteiger partial charge in [0.15, 0.2) is 5.96 Å². The first-order chi connectivity index (χ1) is 16.8. The van der Waals surface area contributed by atoms with Crippen molar-refractivity contribution in [2.45, 2.75) is 10.8 Å². The fourth-order valence-electron chi connectivity index (χ4n) is 4.50. The highest BCUT2D eigenvalue weighted by Crippen LogP contribution is 2.25. The molecule has 1 atom stereocenters. The zero-order valence-corrected chi connectivity index (χ0v) is 20.6. The number of aliphatic imine (C=N–C) groups is 1. The van der Waals surface area contributed by atoms with Gasteiger partial charge in [0.25, 0.3) is 5.91 Å². The van der Waals surface area contributed by atoms with Gasteiger partial charge in [0.1, 0.15) is 0 Å². The average molecular weight is 512 g/mol. The molecular weight excluding hydrogens is 486 g/mol. The molecule has 0 aliphatic carbocycles. The first-order valence-electron chi connectivity index (χ1n) is 11.4. The molecule has 3 aromatic rings. The summed E-state index contributed by atoms with van der Waals surface area (Å²) in [6.45, 7) is 2.50. The second-order valence-corrected chi connectivity index (χ2v) is 11.1. The summed E-state index contributed by atoms with van der Waals surface area (Å²) < 4.78 is 27.9. The van der Waals surface area contributed by atoms with E-state index >= 15 is 0 Å². The Morgan fingerprint density at radius 3 is 2.34 bits per heavy atom. The van der Waals surface area contributed by atoms with Gasteiger partial charge < -0.3 is 16.0 Å². The minimum Gasteiger partial charge on any atom is -0.370 e. The molecule has 1 amide bonds. The number of rotatable bonds is 4. The smallest absolute Gasteiger partial charge is 0.253 e. The zero-order chi connectivity index (χ0) is 24.6. The first kappa shape index (κ1) is 23.6. The molecule has 2 heterocycles. The number of nitrogens with two attached hydrogens (primary N) is 1. The van der Waals surface area contributed by atoms with Gasteiger partial charge in [-0.15, -0.1) is 0 Å². The van der Waals surface area contributed by atoms with E-state index in [4.69, 9.17) is 17.3 Å². The summed E-state index contributed by atoms with van der Waals surface area (Å²) in [7, 11) is -3.66. The number of amides is 1. The molecule has 5 rings (SSSR count). The van der Waals surface area contributed by atoms with Crippen LogP contribution < -0.4 is 11.1 Å². The van der Waals surface area contributed by atoms with E-state index in [0.29, 0.717) is 42.7 Å². The van der Waals surface area contributed by atoms with E-state index < -0.39 is 10.0 Å². The van der Waals surface area contributed by atoms with Gasteiger partial charge in [0.05, 0.1) is 11.4 Å². The van der Waals surface area contributed by atoms with Crippen LogP contribution in [0.2, 0.25) is 5.02 Å². The first-order valence-corrected chi connectivity index (χ1v) is 13.3. The predicted molar refractivity (Wildman–Crippen MR) is 137 cm³/mol. The quantitative estimate of drug-likeness (QED) is 0.560. The molecule has 1 unspecified atom stereocenters. The molecule has 2 aliphatic rings. The second-order valence-electron chi connectivity index (χ2n) is 8.78. The van der Waals surface area contributed by atoms with Crippen LogP contribution in [0.1, 0.15) is 21.8 Å². The second kappa shape index (κ2) is 9.49. The number of hydrogen-bond acceptors (Lipinski definition) is 6. The molecule has 0 bridgehead atoms. The number of fused-ring (bicyclic) bond motifs is 1. The summed E-state index contributed by atoms with van der Waals surface area (Å²) in [6, 6.07) is 17.9. The van der Waals surface area contributed by atoms with Crippen LogP contribution >= 0.6 is 11.6 Å². The fourth-order valence-corrected chi connectivity index (χ4v) is 6.13. The molecule has 0 saturated carbocycles. The predicted octanol–water partition coefficient (Wildman–Crippen LogP) is 2.64. The Hall–Kier alpha value is -3.14. The fraction of sp³-hybridized carbons (Fsp3) is 0.280. The Balaban J connectivity index is 1.23. The summed E-state index contributed by atoms with van der Waals surface area (Å²) in [5, 5.41) is 5.35. The van der Waals surface area contributed by atoms with E-state index in [1.54, 1.807) is 35.2 Å². The van der Waals surface area contributed by atoms with Gasteiger partial charge in [-0.2, -0.15) is 4.31 Å². The number of hydrogen-bond donors (Lipinski definition) is 2. The normalized spacial score (nSPS) is 19.3. The van der Waals surface area contributed by atoms with E-state index in [2.05, 4.69) is 10.3 Å². The molecule has 1 fully saturated rings. The van der Waals surface area contributed by atoms with Gasteiger partial charge in [-0.1, -0.05) is 35.9 Å². The van der Waals surface area contributed by atoms with Gasteiger partial charge in [-0.05, 0) is 52.7 Å². The zero-order valence-electron chi connectivity index (χ0n) is 19.0. The minimum absolute atomic E-state index is 0.0970. The molecule has 3 aromatic carbocycles. The van der Waals surface area contributed by atoms with E-state index in [9.17, 15) is 13.2 Å². The van der Waals surface area contributed by atoms with E-state index in [0.717, 1.165) is 16.3 Å². The highest BCUT2D eigenvalue weighted by Gasteiger charge is 2.30. The van der Waals surface area contributed by atoms with Crippen LogP contribution in [0.25, 0.3) is 10.8 Å². The van der Waals surface area contributed by atoms with Crippen molar-refractivity contribution in [3.8, 4) is 0 Å². The number of piperazine rings is 1. The molecule has 0 aromatic heterocycles. The van der Waals surface area contributed by atoms with Crippen LogP contribution in [-0.2, 0) is 10.0 Å². The minimum atomic E-state index is -3.66. The molecule has 0 radical (unpaired) electrons. The Bertz CT molecular complexity index is 1400. The topological polar surface area (TPSA) is 108 Å². The molecule has 1 saturated heterocycles. The lowest BCUT2D eigenvalue weighted by atomic mass is 9.97. The third-order valence-corrected chi connectivity index (χ3v) is 8.71. The van der Waals surface area contributed by atoms with E-state index in [1.807, 2.05) is 30.3 Å². The maximum Gasteiger partial charge on any atom is 0.253 e. The molecule has 35 heavy (non-hydrogen) atoms. The van der Waals surface area contributed by atoms with Crippen molar-refractivity contribution >= 4 is 44.3 Å². The standard InChI is InChI=1S/C25H26ClN5O3S/c26-22-7-5-20-14-23(8-6-19(20)13-22)35(33,34)31-11-9-30(10-12-31)24(32)18-3-1-17(2-4-18)21-15-28-25(27)29-16-21/h1-8,13-14,21H,9-12,15-16H2,(H3,27,28,29). The third-order valence-electron chi connectivity index (χ3n) is 6.58. The summed E-state index contributed by atoms with van der Waals surface area (Å²) in [5.41, 5.74) is 7.35. The summed E-state index contributed by atoms with van der Waals surface area (Å²) >= 11 is 6.03. The van der Waals surface area contributed by atoms with E-state index in [1.165, 1.54) is 4.31 Å². The van der Waals surface area contributed by atoms with Crippen LogP contribution in [0.15, 0.2) is 70.6 Å². The van der Waals surface area contributed by atoms with Gasteiger partial charge in [0, 0.05) is 49.2 Å². The lowest BCUT2D eigenvalue weighted by molar-refractivity contribution is 0.0698. The van der Waals surface area contributed by atoms with Crippen molar-refractivity contribution in [1.82, 2.24) is 14.5 Å². The number of halogens is 1. The Kier molecular flexibility index (Phi) is 6.39. The molecule has 182 valence electrons. The largest absolute Gasteiger partial charge is 0.370 e. The molecule has 3 N–H and O–H groups in total. The Labute approximate surface area is 209 Å². The summed E-state index contributed by atoms with van der Waals surface area (Å²) in [5.74, 6) is 0.576. The lowest BCUT2D eigenvalue weighted by Gasteiger charge is -2.34. The number of nitrogens with zero attached hydrogens (tertiary/aromatic N) is 3. The van der Waals surface area contributed by atoms with Gasteiger partial charge >= 0.3 is 0 Å². The monoisotopic (exact) mass is 511 g/mol. The molecule has 10 heteroatoms. The Morgan fingerprint density at radius 2 is 1.66 bits per heavy atom. The summed E-state index contributed by atoms with van der Waals surface area (Å²) in [4.78, 5) is 19.2. The van der Waals surface area contributed by atoms with Crippen molar-refractivity contribution in [3.05, 3.63) is 76.8 Å². The van der Waals surface area contributed by atoms with Crippen molar-refractivity contribution in [2.24, 2.45) is 10.7 Å². The van der Waals surface area contributed by atoms with Crippen LogP contribution in [0.3, 0.4) is 0 Å². The number of benzene rings is 3. The molecule has 2 aliphatic heterocycles. The Morgan fingerprint density at radius 1 is 0.971 bits per heavy atom. The lowest BCUT2D eigenvalue weighted by Crippen LogP contribution is -2.50. The maximum absolute atomic E-state index is 13.2. The van der Waals surface area contributed by atoms with Gasteiger partial charge in [-0.3, -0.25) is 9.79 Å². The number of carbonyl (C=O) groups excluding carboxylic acids is 1. The van der Waals surface area contributed by atoms with Crippen LogP contribution in [-0.4, -0.2) is 68.8 Å². The number of carbonyl (C=O) groups is 1. The van der Waals surface area contributed by atoms with Crippen molar-refractivity contribution in [1.29, 1.82) is 0 Å².